The molecule has 1 unspecified atom stereocenters. The Balaban J connectivity index is 2.23. The van der Waals surface area contributed by atoms with Gasteiger partial charge in [0, 0.05) is 0 Å². The van der Waals surface area contributed by atoms with Gasteiger partial charge in [-0.3, -0.25) is 0 Å². The molecule has 2 aliphatic heterocycles. The van der Waals surface area contributed by atoms with Crippen LogP contribution in [-0.2, 0) is 4.74 Å². The Hall–Kier alpha value is -0.655. The predicted octanol–water partition coefficient (Wildman–Crippen LogP) is 1.31. The molecule has 0 aromatic rings. The van der Waals surface area contributed by atoms with Gasteiger partial charge in [-0.2, -0.15) is 0 Å². The van der Waals surface area contributed by atoms with Crippen LogP contribution in [0, 0.1) is 0 Å². The molecular formula is C7H8BO. The summed E-state index contributed by atoms with van der Waals surface area (Å²) >= 11 is 0. The Morgan fingerprint density at radius 3 is 3.56 bits per heavy atom. The molecule has 0 bridgehead atoms. The molecule has 0 N–H and O–H groups in total. The maximum absolute atomic E-state index is 5.32. The average molecular weight is 119 g/mol. The van der Waals surface area contributed by atoms with Crippen molar-refractivity contribution in [1.82, 2.24) is 0 Å². The first-order valence-electron chi connectivity index (χ1n) is 3.32. The second-order valence-electron chi connectivity index (χ2n) is 2.40. The van der Waals surface area contributed by atoms with Crippen LogP contribution in [0.5, 0.6) is 0 Å². The van der Waals surface area contributed by atoms with E-state index in [9.17, 15) is 0 Å². The summed E-state index contributed by atoms with van der Waals surface area (Å²) in [6.45, 7) is 0. The molecule has 0 aliphatic carbocycles. The van der Waals surface area contributed by atoms with Crippen LogP contribution in [0.1, 0.15) is 6.42 Å². The molecule has 0 amide bonds. The van der Waals surface area contributed by atoms with E-state index in [1.807, 2.05) is 6.08 Å². The van der Waals surface area contributed by atoms with E-state index >= 15 is 0 Å². The summed E-state index contributed by atoms with van der Waals surface area (Å²) in [5.74, 6) is 0. The van der Waals surface area contributed by atoms with Crippen LogP contribution >= 0.6 is 0 Å². The number of ether oxygens (including phenoxy) is 1. The molecule has 2 heterocycles. The normalized spacial score (nSPS) is 30.2. The van der Waals surface area contributed by atoms with Crippen molar-refractivity contribution in [1.29, 1.82) is 0 Å². The van der Waals surface area contributed by atoms with E-state index in [1.54, 1.807) is 6.26 Å². The lowest BCUT2D eigenvalue weighted by Gasteiger charge is -2.14. The van der Waals surface area contributed by atoms with Gasteiger partial charge in [0.2, 0.25) is 0 Å². The fourth-order valence-corrected chi connectivity index (χ4v) is 1.31. The van der Waals surface area contributed by atoms with Crippen molar-refractivity contribution in [3.63, 3.8) is 0 Å². The van der Waals surface area contributed by atoms with E-state index in [-0.39, 0.29) is 0 Å². The van der Waals surface area contributed by atoms with E-state index in [4.69, 9.17) is 4.74 Å². The molecule has 1 nitrogen and oxygen atoms in total. The quantitative estimate of drug-likeness (QED) is 0.436. The zero-order valence-electron chi connectivity index (χ0n) is 5.21. The minimum absolute atomic E-state index is 0.384. The fraction of sp³-hybridized carbons (Fsp3) is 0.429. The van der Waals surface area contributed by atoms with Crippen molar-refractivity contribution in [3.8, 4) is 0 Å². The Bertz CT molecular complexity index is 172. The smallest absolute Gasteiger partial charge is 0.151 e. The molecule has 2 aliphatic rings. The monoisotopic (exact) mass is 119 g/mol. The average Bonchev–Trinajstić information content (AvgIpc) is 2.33. The molecule has 2 rings (SSSR count). The Kier molecular flexibility index (Phi) is 1.11. The van der Waals surface area contributed by atoms with Crippen molar-refractivity contribution >= 4 is 7.28 Å². The Labute approximate surface area is 55.6 Å². The topological polar surface area (TPSA) is 9.23 Å². The van der Waals surface area contributed by atoms with Gasteiger partial charge < -0.3 is 4.74 Å². The molecule has 2 heteroatoms. The van der Waals surface area contributed by atoms with Crippen LogP contribution in [0.3, 0.4) is 0 Å². The minimum Gasteiger partial charge on any atom is -0.495 e. The second-order valence-corrected chi connectivity index (χ2v) is 2.40. The van der Waals surface area contributed by atoms with Gasteiger partial charge in [-0.05, 0) is 12.5 Å². The van der Waals surface area contributed by atoms with E-state index in [1.165, 1.54) is 11.8 Å². The van der Waals surface area contributed by atoms with Gasteiger partial charge in [-0.1, -0.05) is 17.9 Å². The SMILES string of the molecule is [B]1CCC2OC=CC=C12. The van der Waals surface area contributed by atoms with E-state index < -0.39 is 0 Å². The summed E-state index contributed by atoms with van der Waals surface area (Å²) in [4.78, 5) is 0. The number of hydrogen-bond acceptors (Lipinski definition) is 1. The molecule has 1 saturated heterocycles. The molecule has 9 heavy (non-hydrogen) atoms. The van der Waals surface area contributed by atoms with Crippen LogP contribution < -0.4 is 0 Å². The molecule has 45 valence electrons. The number of hydrogen-bond donors (Lipinski definition) is 0. The third kappa shape index (κ3) is 0.785. The van der Waals surface area contributed by atoms with Crippen molar-refractivity contribution in [2.75, 3.05) is 0 Å². The number of allylic oxidation sites excluding steroid dienone is 2. The van der Waals surface area contributed by atoms with Crippen LogP contribution in [0.15, 0.2) is 23.9 Å². The predicted molar refractivity (Wildman–Crippen MR) is 37.3 cm³/mol. The third-order valence-electron chi connectivity index (χ3n) is 1.79. The van der Waals surface area contributed by atoms with E-state index in [0.717, 1.165) is 6.42 Å². The summed E-state index contributed by atoms with van der Waals surface area (Å²) in [5, 5.41) is 0. The summed E-state index contributed by atoms with van der Waals surface area (Å²) in [5.41, 5.74) is 1.36. The first kappa shape index (κ1) is 5.16. The highest BCUT2D eigenvalue weighted by Gasteiger charge is 2.22. The maximum Gasteiger partial charge on any atom is 0.151 e. The highest BCUT2D eigenvalue weighted by molar-refractivity contribution is 6.47. The zero-order chi connectivity index (χ0) is 6.10. The number of fused-ring (bicyclic) bond motifs is 1. The largest absolute Gasteiger partial charge is 0.495 e. The molecule has 1 radical (unpaired) electrons. The first-order valence-corrected chi connectivity index (χ1v) is 3.32. The van der Waals surface area contributed by atoms with Crippen LogP contribution in [0.4, 0.5) is 0 Å². The van der Waals surface area contributed by atoms with Gasteiger partial charge in [0.1, 0.15) is 6.10 Å². The molecule has 0 aromatic carbocycles. The minimum atomic E-state index is 0.384. The lowest BCUT2D eigenvalue weighted by molar-refractivity contribution is 0.181. The first-order chi connectivity index (χ1) is 4.47. The van der Waals surface area contributed by atoms with Gasteiger partial charge in [0.25, 0.3) is 0 Å². The maximum atomic E-state index is 5.32. The second kappa shape index (κ2) is 1.94. The molecule has 0 aromatic heterocycles. The standard InChI is InChI=1S/C7H8BO/c1-2-6-7(9-5-1)3-4-8-6/h1-2,5,7H,3-4H2. The lowest BCUT2D eigenvalue weighted by atomic mass is 9.72. The Morgan fingerprint density at radius 1 is 1.67 bits per heavy atom. The van der Waals surface area contributed by atoms with Crippen molar-refractivity contribution in [3.05, 3.63) is 23.9 Å². The molecule has 1 fully saturated rings. The van der Waals surface area contributed by atoms with Crippen LogP contribution in [0.25, 0.3) is 0 Å². The highest BCUT2D eigenvalue weighted by Crippen LogP contribution is 2.24. The van der Waals surface area contributed by atoms with Crippen molar-refractivity contribution in [2.45, 2.75) is 18.8 Å². The highest BCUT2D eigenvalue weighted by atomic mass is 16.5. The third-order valence-corrected chi connectivity index (χ3v) is 1.79. The summed E-state index contributed by atoms with van der Waals surface area (Å²) in [7, 11) is 2.24. The number of rotatable bonds is 0. The van der Waals surface area contributed by atoms with Gasteiger partial charge in [-0.15, -0.1) is 0 Å². The molecule has 0 saturated carbocycles. The van der Waals surface area contributed by atoms with E-state index in [0.29, 0.717) is 6.10 Å². The zero-order valence-corrected chi connectivity index (χ0v) is 5.21. The summed E-state index contributed by atoms with van der Waals surface area (Å²) < 4.78 is 5.32. The van der Waals surface area contributed by atoms with Crippen molar-refractivity contribution in [2.24, 2.45) is 0 Å². The van der Waals surface area contributed by atoms with Gasteiger partial charge in [0.15, 0.2) is 7.28 Å². The molecule has 0 spiro atoms. The Morgan fingerprint density at radius 2 is 2.67 bits per heavy atom. The van der Waals surface area contributed by atoms with Crippen LogP contribution in [0.2, 0.25) is 6.32 Å². The summed E-state index contributed by atoms with van der Waals surface area (Å²) in [6, 6.07) is 0. The van der Waals surface area contributed by atoms with E-state index in [2.05, 4.69) is 13.4 Å². The molecular weight excluding hydrogens is 111 g/mol. The molecule has 1 atom stereocenters. The van der Waals surface area contributed by atoms with Crippen LogP contribution in [-0.4, -0.2) is 13.4 Å². The summed E-state index contributed by atoms with van der Waals surface area (Å²) in [6.07, 6.45) is 8.58. The fourth-order valence-electron chi connectivity index (χ4n) is 1.31. The van der Waals surface area contributed by atoms with Gasteiger partial charge in [0.05, 0.1) is 6.26 Å². The lowest BCUT2D eigenvalue weighted by Crippen LogP contribution is -2.09. The van der Waals surface area contributed by atoms with Crippen molar-refractivity contribution < 1.29 is 4.74 Å². The van der Waals surface area contributed by atoms with Gasteiger partial charge >= 0.3 is 0 Å². The van der Waals surface area contributed by atoms with Gasteiger partial charge in [-0.25, -0.2) is 0 Å².